The molecule has 1 aromatic heterocycles. The van der Waals surface area contributed by atoms with E-state index < -0.39 is 10.1 Å². The molecule has 0 atom stereocenters. The van der Waals surface area contributed by atoms with Crippen LogP contribution in [0, 0.1) is 0 Å². The Hall–Kier alpha value is -1.25. The van der Waals surface area contributed by atoms with Gasteiger partial charge in [0, 0.05) is 11.4 Å². The number of nitrogens with two attached hydrogens (primary N) is 1. The normalized spacial score (nSPS) is 12.1. The van der Waals surface area contributed by atoms with Crippen LogP contribution in [0.1, 0.15) is 6.42 Å². The number of aromatic amines is 1. The third-order valence-electron chi connectivity index (χ3n) is 2.27. The van der Waals surface area contributed by atoms with Crippen molar-refractivity contribution in [1.29, 1.82) is 0 Å². The number of hydrogen-bond acceptors (Lipinski definition) is 5. The maximum Gasteiger partial charge on any atom is 0.264 e. The fraction of sp³-hybridized carbons (Fsp3) is 0.300. The Labute approximate surface area is 109 Å². The summed E-state index contributed by atoms with van der Waals surface area (Å²) < 4.78 is 29.6. The smallest absolute Gasteiger partial charge is 0.264 e. The standard InChI is InChI=1S/C10H13N3O3S2/c11-7-2-3-8-9(6-7)13-10(12-8)17-4-1-5-18(14,15)16/h2-3,6H,1,4-5,11H2,(H,12,13)(H,14,15,16). The zero-order chi connectivity index (χ0) is 13.2. The van der Waals surface area contributed by atoms with Gasteiger partial charge in [-0.05, 0) is 24.6 Å². The van der Waals surface area contributed by atoms with Crippen LogP contribution in [0.4, 0.5) is 5.69 Å². The fourth-order valence-electron chi connectivity index (χ4n) is 1.48. The lowest BCUT2D eigenvalue weighted by Gasteiger charge is -1.96. The molecule has 2 rings (SSSR count). The van der Waals surface area contributed by atoms with E-state index in [4.69, 9.17) is 10.3 Å². The van der Waals surface area contributed by atoms with Gasteiger partial charge in [0.2, 0.25) is 0 Å². The maximum absolute atomic E-state index is 10.5. The van der Waals surface area contributed by atoms with Gasteiger partial charge in [-0.2, -0.15) is 8.42 Å². The highest BCUT2D eigenvalue weighted by molar-refractivity contribution is 7.99. The molecule has 0 aliphatic rings. The molecule has 8 heteroatoms. The van der Waals surface area contributed by atoms with Gasteiger partial charge in [0.25, 0.3) is 10.1 Å². The van der Waals surface area contributed by atoms with Crippen molar-refractivity contribution in [2.24, 2.45) is 0 Å². The second-order valence-electron chi connectivity index (χ2n) is 3.81. The zero-order valence-corrected chi connectivity index (χ0v) is 11.1. The number of H-pyrrole nitrogens is 1. The minimum Gasteiger partial charge on any atom is -0.399 e. The highest BCUT2D eigenvalue weighted by atomic mass is 32.2. The summed E-state index contributed by atoms with van der Waals surface area (Å²) >= 11 is 1.41. The summed E-state index contributed by atoms with van der Waals surface area (Å²) in [6.45, 7) is 0. The molecule has 0 fully saturated rings. The predicted molar refractivity (Wildman–Crippen MR) is 72.3 cm³/mol. The number of nitrogens with zero attached hydrogens (tertiary/aromatic N) is 1. The second kappa shape index (κ2) is 5.17. The van der Waals surface area contributed by atoms with Crippen LogP contribution in [0.15, 0.2) is 23.4 Å². The molecule has 0 amide bonds. The SMILES string of the molecule is Nc1ccc2nc(SCCCS(=O)(=O)O)[nH]c2c1. The quantitative estimate of drug-likeness (QED) is 0.333. The molecule has 0 radical (unpaired) electrons. The van der Waals surface area contributed by atoms with Crippen LogP contribution in [0.25, 0.3) is 11.0 Å². The minimum absolute atomic E-state index is 0.229. The minimum atomic E-state index is -3.87. The van der Waals surface area contributed by atoms with Crippen molar-refractivity contribution < 1.29 is 13.0 Å². The van der Waals surface area contributed by atoms with E-state index in [0.29, 0.717) is 23.0 Å². The number of nitrogens with one attached hydrogen (secondary N) is 1. The Morgan fingerprint density at radius 3 is 2.94 bits per heavy atom. The van der Waals surface area contributed by atoms with Crippen molar-refractivity contribution in [3.8, 4) is 0 Å². The van der Waals surface area contributed by atoms with Gasteiger partial charge in [-0.15, -0.1) is 0 Å². The van der Waals surface area contributed by atoms with Gasteiger partial charge in [0.15, 0.2) is 5.16 Å². The number of rotatable bonds is 5. The Morgan fingerprint density at radius 2 is 2.22 bits per heavy atom. The molecule has 98 valence electrons. The molecule has 2 aromatic rings. The van der Waals surface area contributed by atoms with Crippen LogP contribution in [-0.4, -0.2) is 34.4 Å². The number of benzene rings is 1. The van der Waals surface area contributed by atoms with Gasteiger partial charge < -0.3 is 10.7 Å². The molecule has 18 heavy (non-hydrogen) atoms. The lowest BCUT2D eigenvalue weighted by atomic mass is 10.3. The highest BCUT2D eigenvalue weighted by Gasteiger charge is 2.06. The van der Waals surface area contributed by atoms with Crippen molar-refractivity contribution in [3.63, 3.8) is 0 Å². The number of fused-ring (bicyclic) bond motifs is 1. The summed E-state index contributed by atoms with van der Waals surface area (Å²) in [7, 11) is -3.87. The first-order chi connectivity index (χ1) is 8.44. The number of imidazole rings is 1. The average Bonchev–Trinajstić information content (AvgIpc) is 2.65. The van der Waals surface area contributed by atoms with E-state index in [1.54, 1.807) is 12.1 Å². The van der Waals surface area contributed by atoms with Crippen molar-refractivity contribution in [3.05, 3.63) is 18.2 Å². The molecule has 0 aliphatic heterocycles. The van der Waals surface area contributed by atoms with Crippen LogP contribution in [0.3, 0.4) is 0 Å². The number of nitrogen functional groups attached to an aromatic ring is 1. The Balaban J connectivity index is 1.96. The van der Waals surface area contributed by atoms with Crippen LogP contribution >= 0.6 is 11.8 Å². The van der Waals surface area contributed by atoms with E-state index in [-0.39, 0.29) is 5.75 Å². The van der Waals surface area contributed by atoms with Gasteiger partial charge in [-0.3, -0.25) is 4.55 Å². The van der Waals surface area contributed by atoms with Crippen LogP contribution in [0.5, 0.6) is 0 Å². The van der Waals surface area contributed by atoms with Gasteiger partial charge in [0.05, 0.1) is 16.8 Å². The van der Waals surface area contributed by atoms with Crippen molar-refractivity contribution in [2.75, 3.05) is 17.2 Å². The zero-order valence-electron chi connectivity index (χ0n) is 9.46. The van der Waals surface area contributed by atoms with Gasteiger partial charge in [0.1, 0.15) is 0 Å². The summed E-state index contributed by atoms with van der Waals surface area (Å²) in [6, 6.07) is 5.39. The molecule has 4 N–H and O–H groups in total. The molecule has 0 spiro atoms. The van der Waals surface area contributed by atoms with Gasteiger partial charge >= 0.3 is 0 Å². The summed E-state index contributed by atoms with van der Waals surface area (Å²) in [6.07, 6.45) is 0.378. The van der Waals surface area contributed by atoms with E-state index in [2.05, 4.69) is 9.97 Å². The Morgan fingerprint density at radius 1 is 1.44 bits per heavy atom. The Kier molecular flexibility index (Phi) is 3.79. The first-order valence-corrected chi connectivity index (χ1v) is 7.87. The monoisotopic (exact) mass is 287 g/mol. The van der Waals surface area contributed by atoms with Crippen molar-refractivity contribution in [1.82, 2.24) is 9.97 Å². The molecule has 0 saturated heterocycles. The van der Waals surface area contributed by atoms with E-state index in [1.807, 2.05) is 6.07 Å². The fourth-order valence-corrected chi connectivity index (χ4v) is 3.00. The topological polar surface area (TPSA) is 109 Å². The lowest BCUT2D eigenvalue weighted by Crippen LogP contribution is -2.04. The molecule has 0 saturated carbocycles. The van der Waals surface area contributed by atoms with E-state index >= 15 is 0 Å². The first-order valence-electron chi connectivity index (χ1n) is 5.27. The first kappa shape index (κ1) is 13.2. The highest BCUT2D eigenvalue weighted by Crippen LogP contribution is 2.21. The number of anilines is 1. The molecule has 0 aliphatic carbocycles. The van der Waals surface area contributed by atoms with Crippen molar-refractivity contribution >= 4 is 38.6 Å². The molecule has 6 nitrogen and oxygen atoms in total. The number of thioether (sulfide) groups is 1. The summed E-state index contributed by atoms with van der Waals surface area (Å²) in [5.74, 6) is 0.336. The lowest BCUT2D eigenvalue weighted by molar-refractivity contribution is 0.482. The molecular formula is C10H13N3O3S2. The Bertz CT molecular complexity index is 651. The van der Waals surface area contributed by atoms with Crippen molar-refractivity contribution in [2.45, 2.75) is 11.6 Å². The average molecular weight is 287 g/mol. The molecule has 0 unspecified atom stereocenters. The molecule has 0 bridgehead atoms. The van der Waals surface area contributed by atoms with Gasteiger partial charge in [-0.25, -0.2) is 4.98 Å². The number of aromatic nitrogens is 2. The summed E-state index contributed by atoms with van der Waals surface area (Å²) in [5, 5.41) is 0.714. The van der Waals surface area contributed by atoms with Crippen LogP contribution < -0.4 is 5.73 Å². The van der Waals surface area contributed by atoms with Crippen LogP contribution in [0.2, 0.25) is 0 Å². The molecule has 1 heterocycles. The molecule has 1 aromatic carbocycles. The van der Waals surface area contributed by atoms with E-state index in [1.165, 1.54) is 11.8 Å². The van der Waals surface area contributed by atoms with E-state index in [0.717, 1.165) is 11.0 Å². The summed E-state index contributed by atoms with van der Waals surface area (Å²) in [5.41, 5.74) is 7.99. The maximum atomic E-state index is 10.5. The van der Waals surface area contributed by atoms with Gasteiger partial charge in [-0.1, -0.05) is 11.8 Å². The van der Waals surface area contributed by atoms with E-state index in [9.17, 15) is 8.42 Å². The van der Waals surface area contributed by atoms with Crippen LogP contribution in [-0.2, 0) is 10.1 Å². The predicted octanol–water partition coefficient (Wildman–Crippen LogP) is 1.52. The third-order valence-corrected chi connectivity index (χ3v) is 4.03. The number of hydrogen-bond donors (Lipinski definition) is 3. The third kappa shape index (κ3) is 3.62. The largest absolute Gasteiger partial charge is 0.399 e. The second-order valence-corrected chi connectivity index (χ2v) is 6.46. The summed E-state index contributed by atoms with van der Waals surface area (Å²) in [4.78, 5) is 7.42. The molecular weight excluding hydrogens is 274 g/mol.